The molecule has 0 saturated carbocycles. The van der Waals surface area contributed by atoms with Crippen LogP contribution in [0, 0.1) is 10.8 Å². The predicted octanol–water partition coefficient (Wildman–Crippen LogP) is 8.70. The van der Waals surface area contributed by atoms with Gasteiger partial charge in [-0.3, -0.25) is 9.59 Å². The molecule has 1 aliphatic heterocycles. The summed E-state index contributed by atoms with van der Waals surface area (Å²) in [5.41, 5.74) is 1.76. The highest BCUT2D eigenvalue weighted by molar-refractivity contribution is 5.82. The lowest BCUT2D eigenvalue weighted by Gasteiger charge is -2.24. The van der Waals surface area contributed by atoms with Crippen LogP contribution < -0.4 is 0 Å². The Morgan fingerprint density at radius 2 is 1.36 bits per heavy atom. The zero-order valence-corrected chi connectivity index (χ0v) is 27.7. The fraction of sp³-hybridized carbons (Fsp3) is 0.727. The van der Waals surface area contributed by atoms with Crippen molar-refractivity contribution in [3.63, 3.8) is 0 Å². The van der Waals surface area contributed by atoms with Gasteiger partial charge >= 0.3 is 24.1 Å². The second-order valence-electron chi connectivity index (χ2n) is 13.1. The van der Waals surface area contributed by atoms with Crippen molar-refractivity contribution in [2.75, 3.05) is 6.61 Å². The van der Waals surface area contributed by atoms with E-state index in [0.29, 0.717) is 31.8 Å². The molecule has 0 aliphatic carbocycles. The maximum absolute atomic E-state index is 12.0. The number of halogens is 3. The van der Waals surface area contributed by atoms with E-state index < -0.39 is 41.2 Å². The third-order valence-electron chi connectivity index (χ3n) is 7.71. The largest absolute Gasteiger partial charge is 0.463 e. The molecular formula is C33H53F3O6. The van der Waals surface area contributed by atoms with Crippen LogP contribution in [0.15, 0.2) is 24.3 Å². The molecule has 1 aromatic carbocycles. The summed E-state index contributed by atoms with van der Waals surface area (Å²) < 4.78 is 50.1. The van der Waals surface area contributed by atoms with Crippen LogP contribution in [0.5, 0.6) is 0 Å². The van der Waals surface area contributed by atoms with Crippen molar-refractivity contribution < 1.29 is 41.8 Å². The van der Waals surface area contributed by atoms with Gasteiger partial charge in [0.05, 0.1) is 17.4 Å². The maximum atomic E-state index is 12.0. The summed E-state index contributed by atoms with van der Waals surface area (Å²) in [5, 5.41) is 0. The molecular weight excluding hydrogens is 549 g/mol. The predicted molar refractivity (Wildman–Crippen MR) is 159 cm³/mol. The summed E-state index contributed by atoms with van der Waals surface area (Å²) in [7, 11) is 0. The van der Waals surface area contributed by atoms with E-state index in [1.807, 2.05) is 6.92 Å². The molecule has 0 spiro atoms. The molecule has 242 valence electrons. The molecule has 1 heterocycles. The Hall–Kier alpha value is -2.58. The first-order chi connectivity index (χ1) is 19.0. The zero-order valence-electron chi connectivity index (χ0n) is 27.7. The van der Waals surface area contributed by atoms with Gasteiger partial charge in [-0.1, -0.05) is 72.7 Å². The van der Waals surface area contributed by atoms with E-state index in [-0.39, 0.29) is 11.4 Å². The molecule has 3 unspecified atom stereocenters. The van der Waals surface area contributed by atoms with Crippen molar-refractivity contribution in [2.24, 2.45) is 10.8 Å². The van der Waals surface area contributed by atoms with Gasteiger partial charge in [0.1, 0.15) is 0 Å². The molecule has 0 aromatic heterocycles. The Morgan fingerprint density at radius 1 is 0.881 bits per heavy atom. The van der Waals surface area contributed by atoms with Crippen LogP contribution >= 0.6 is 0 Å². The summed E-state index contributed by atoms with van der Waals surface area (Å²) in [4.78, 5) is 33.8. The quantitative estimate of drug-likeness (QED) is 0.219. The van der Waals surface area contributed by atoms with Crippen molar-refractivity contribution in [3.8, 4) is 0 Å². The minimum absolute atomic E-state index is 0.272. The van der Waals surface area contributed by atoms with E-state index in [1.165, 1.54) is 17.5 Å². The van der Waals surface area contributed by atoms with Gasteiger partial charge in [0.2, 0.25) is 6.10 Å². The van der Waals surface area contributed by atoms with Gasteiger partial charge in [0, 0.05) is 6.42 Å². The molecule has 1 saturated heterocycles. The monoisotopic (exact) mass is 602 g/mol. The van der Waals surface area contributed by atoms with Crippen LogP contribution in [0.1, 0.15) is 126 Å². The second-order valence-corrected chi connectivity index (χ2v) is 13.1. The van der Waals surface area contributed by atoms with Crippen molar-refractivity contribution in [1.82, 2.24) is 0 Å². The Labute approximate surface area is 251 Å². The molecule has 42 heavy (non-hydrogen) atoms. The molecule has 0 radical (unpaired) electrons. The number of carbonyl (C=O) groups is 3. The first-order valence-electron chi connectivity index (χ1n) is 14.8. The third-order valence-corrected chi connectivity index (χ3v) is 7.71. The number of esters is 3. The van der Waals surface area contributed by atoms with Crippen molar-refractivity contribution in [3.05, 3.63) is 35.4 Å². The van der Waals surface area contributed by atoms with Gasteiger partial charge in [-0.2, -0.15) is 13.2 Å². The molecule has 0 amide bonds. The highest BCUT2D eigenvalue weighted by Crippen LogP contribution is 2.28. The average molecular weight is 603 g/mol. The highest BCUT2D eigenvalue weighted by atomic mass is 19.4. The van der Waals surface area contributed by atoms with Crippen LogP contribution in [0.4, 0.5) is 13.2 Å². The first-order valence-corrected chi connectivity index (χ1v) is 14.8. The number of hydrogen-bond acceptors (Lipinski definition) is 6. The second kappa shape index (κ2) is 16.3. The molecule has 3 atom stereocenters. The number of alkyl halides is 3. The fourth-order valence-corrected chi connectivity index (χ4v) is 3.10. The van der Waals surface area contributed by atoms with Crippen molar-refractivity contribution in [1.29, 1.82) is 0 Å². The highest BCUT2D eigenvalue weighted by Gasteiger charge is 2.41. The summed E-state index contributed by atoms with van der Waals surface area (Å²) >= 11 is 0. The van der Waals surface area contributed by atoms with Crippen LogP contribution in [-0.4, -0.2) is 42.9 Å². The topological polar surface area (TPSA) is 78.9 Å². The number of cyclic esters (lactones) is 1. The van der Waals surface area contributed by atoms with E-state index in [4.69, 9.17) is 9.47 Å². The SMILES string of the molecule is CCC(C)(C)C(=O)OC(C)C(F)(F)F.CCC(C)(C)C(=O)OC1CCOC1=O.CCC(C)c1ccc(C(C)(C)C)cc1. The zero-order chi connectivity index (χ0) is 33.1. The number of rotatable bonds is 8. The minimum atomic E-state index is -4.49. The van der Waals surface area contributed by atoms with Gasteiger partial charge in [-0.25, -0.2) is 4.79 Å². The molecule has 9 heteroatoms. The number of benzene rings is 1. The van der Waals surface area contributed by atoms with E-state index >= 15 is 0 Å². The van der Waals surface area contributed by atoms with Crippen LogP contribution in [-0.2, 0) is 34.0 Å². The van der Waals surface area contributed by atoms with Gasteiger partial charge in [-0.05, 0) is 76.3 Å². The third kappa shape index (κ3) is 13.2. The summed E-state index contributed by atoms with van der Waals surface area (Å²) in [6.07, 6.45) is -4.39. The van der Waals surface area contributed by atoms with Crippen molar-refractivity contribution in [2.45, 2.75) is 138 Å². The summed E-state index contributed by atoms with van der Waals surface area (Å²) in [5.74, 6) is -0.886. The van der Waals surface area contributed by atoms with Crippen molar-refractivity contribution >= 4 is 17.9 Å². The molecule has 1 aromatic rings. The van der Waals surface area contributed by atoms with Gasteiger partial charge in [0.15, 0.2) is 6.10 Å². The van der Waals surface area contributed by atoms with Gasteiger partial charge in [0.25, 0.3) is 0 Å². The summed E-state index contributed by atoms with van der Waals surface area (Å²) in [6, 6.07) is 9.08. The maximum Gasteiger partial charge on any atom is 0.425 e. The van der Waals surface area contributed by atoms with Crippen LogP contribution in [0.25, 0.3) is 0 Å². The Bertz CT molecular complexity index is 991. The van der Waals surface area contributed by atoms with E-state index in [2.05, 4.69) is 63.6 Å². The number of hydrogen-bond donors (Lipinski definition) is 0. The van der Waals surface area contributed by atoms with Crippen LogP contribution in [0.3, 0.4) is 0 Å². The van der Waals surface area contributed by atoms with Gasteiger partial charge < -0.3 is 14.2 Å². The molecule has 1 fully saturated rings. The van der Waals surface area contributed by atoms with E-state index in [1.54, 1.807) is 34.6 Å². The lowest BCUT2D eigenvalue weighted by molar-refractivity contribution is -0.221. The Kier molecular flexibility index (Phi) is 15.3. The molecule has 2 rings (SSSR count). The lowest BCUT2D eigenvalue weighted by Crippen LogP contribution is -2.36. The molecule has 1 aliphatic rings. The standard InChI is InChI=1S/C14H22.C10H16O4.C9H15F3O2/c1-6-11(2)12-7-9-13(10-8-12)14(3,4)5;1-4-10(2,3)9(12)14-7-5-6-13-8(7)11;1-5-8(3,4)7(13)14-6(2)9(10,11)12/h7-11H,6H2,1-5H3;7H,4-6H2,1-3H3;6H,5H2,1-4H3. The molecule has 0 N–H and O–H groups in total. The number of carbonyl (C=O) groups excluding carboxylic acids is 3. The summed E-state index contributed by atoms with van der Waals surface area (Å²) in [6.45, 7) is 22.8. The smallest absolute Gasteiger partial charge is 0.425 e. The molecule has 0 bridgehead atoms. The normalized spacial score (nSPS) is 17.0. The lowest BCUT2D eigenvalue weighted by atomic mass is 9.85. The average Bonchev–Trinajstić information content (AvgIpc) is 3.31. The number of ether oxygens (including phenoxy) is 3. The Balaban J connectivity index is 0.000000600. The van der Waals surface area contributed by atoms with E-state index in [0.717, 1.165) is 6.92 Å². The Morgan fingerprint density at radius 3 is 1.71 bits per heavy atom. The fourth-order valence-electron chi connectivity index (χ4n) is 3.10. The van der Waals surface area contributed by atoms with E-state index in [9.17, 15) is 27.6 Å². The van der Waals surface area contributed by atoms with Gasteiger partial charge in [-0.15, -0.1) is 0 Å². The van der Waals surface area contributed by atoms with Crippen LogP contribution in [0.2, 0.25) is 0 Å². The molecule has 6 nitrogen and oxygen atoms in total. The first kappa shape index (κ1) is 39.4. The minimum Gasteiger partial charge on any atom is -0.463 e.